The molecule has 0 atom stereocenters. The van der Waals surface area contributed by atoms with E-state index in [9.17, 15) is 0 Å². The number of pyridine rings is 1. The third-order valence-electron chi connectivity index (χ3n) is 3.22. The van der Waals surface area contributed by atoms with Gasteiger partial charge in [0.15, 0.2) is 5.58 Å². The molecular formula is C15H7BrClNO. The SMILES string of the molecule is Clc1ccc(Br)c2c1oc1nc3ccccc3cc12. The summed E-state index contributed by atoms with van der Waals surface area (Å²) in [5, 5.41) is 3.63. The van der Waals surface area contributed by atoms with Crippen LogP contribution in [0.5, 0.6) is 0 Å². The van der Waals surface area contributed by atoms with Crippen molar-refractivity contribution in [1.29, 1.82) is 0 Å². The van der Waals surface area contributed by atoms with Gasteiger partial charge in [0.05, 0.1) is 10.5 Å². The van der Waals surface area contributed by atoms with Gasteiger partial charge in [-0.1, -0.05) is 45.7 Å². The van der Waals surface area contributed by atoms with Crippen LogP contribution in [-0.4, -0.2) is 4.98 Å². The van der Waals surface area contributed by atoms with Gasteiger partial charge in [-0.25, -0.2) is 4.98 Å². The summed E-state index contributed by atoms with van der Waals surface area (Å²) in [4.78, 5) is 4.55. The highest BCUT2D eigenvalue weighted by molar-refractivity contribution is 9.10. The van der Waals surface area contributed by atoms with Crippen LogP contribution in [-0.2, 0) is 0 Å². The molecule has 0 N–H and O–H groups in total. The van der Waals surface area contributed by atoms with Crippen LogP contribution in [0.25, 0.3) is 33.0 Å². The molecule has 4 aromatic rings. The summed E-state index contributed by atoms with van der Waals surface area (Å²) in [5.41, 5.74) is 2.21. The summed E-state index contributed by atoms with van der Waals surface area (Å²) < 4.78 is 6.76. The first kappa shape index (κ1) is 11.3. The maximum absolute atomic E-state index is 6.19. The Labute approximate surface area is 122 Å². The number of benzene rings is 2. The summed E-state index contributed by atoms with van der Waals surface area (Å²) in [6.07, 6.45) is 0. The Balaban J connectivity index is 2.30. The van der Waals surface area contributed by atoms with Crippen molar-refractivity contribution >= 4 is 60.5 Å². The molecule has 0 unspecified atom stereocenters. The number of hydrogen-bond acceptors (Lipinski definition) is 2. The molecule has 0 spiro atoms. The zero-order valence-corrected chi connectivity index (χ0v) is 12.0. The molecule has 0 saturated heterocycles. The minimum absolute atomic E-state index is 0.597. The molecule has 4 heteroatoms. The van der Waals surface area contributed by atoms with Crippen molar-refractivity contribution in [3.63, 3.8) is 0 Å². The molecule has 0 radical (unpaired) electrons. The van der Waals surface area contributed by atoms with Crippen LogP contribution in [0, 0.1) is 0 Å². The molecule has 0 amide bonds. The van der Waals surface area contributed by atoms with E-state index in [2.05, 4.69) is 27.0 Å². The summed E-state index contributed by atoms with van der Waals surface area (Å²) in [5.74, 6) is 0. The average Bonchev–Trinajstić information content (AvgIpc) is 2.80. The molecule has 92 valence electrons. The normalized spacial score (nSPS) is 11.7. The van der Waals surface area contributed by atoms with Crippen molar-refractivity contribution in [3.8, 4) is 0 Å². The first-order valence-electron chi connectivity index (χ1n) is 5.80. The van der Waals surface area contributed by atoms with Gasteiger partial charge in [0.2, 0.25) is 5.71 Å². The number of para-hydroxylation sites is 1. The molecule has 4 rings (SSSR count). The van der Waals surface area contributed by atoms with Crippen molar-refractivity contribution in [1.82, 2.24) is 4.98 Å². The predicted molar refractivity (Wildman–Crippen MR) is 81.7 cm³/mol. The predicted octanol–water partition coefficient (Wildman–Crippen LogP) is 5.55. The van der Waals surface area contributed by atoms with E-state index in [-0.39, 0.29) is 0 Å². The standard InChI is InChI=1S/C15H7BrClNO/c16-10-5-6-11(17)14-13(10)9-7-8-3-1-2-4-12(8)18-15(9)19-14/h1-7H. The number of rotatable bonds is 0. The Morgan fingerprint density at radius 1 is 1.11 bits per heavy atom. The lowest BCUT2D eigenvalue weighted by Gasteiger charge is -1.97. The monoisotopic (exact) mass is 331 g/mol. The Morgan fingerprint density at radius 2 is 1.95 bits per heavy atom. The molecule has 19 heavy (non-hydrogen) atoms. The molecular weight excluding hydrogens is 326 g/mol. The number of halogens is 2. The van der Waals surface area contributed by atoms with Gasteiger partial charge in [0, 0.05) is 20.6 Å². The lowest BCUT2D eigenvalue weighted by atomic mass is 10.1. The Kier molecular flexibility index (Phi) is 2.34. The highest BCUT2D eigenvalue weighted by Crippen LogP contribution is 2.38. The summed E-state index contributed by atoms with van der Waals surface area (Å²) in [7, 11) is 0. The van der Waals surface area contributed by atoms with Crippen LogP contribution >= 0.6 is 27.5 Å². The first-order valence-corrected chi connectivity index (χ1v) is 6.97. The van der Waals surface area contributed by atoms with E-state index in [0.29, 0.717) is 16.3 Å². The summed E-state index contributed by atoms with van der Waals surface area (Å²) in [6.45, 7) is 0. The van der Waals surface area contributed by atoms with Gasteiger partial charge < -0.3 is 4.42 Å². The van der Waals surface area contributed by atoms with E-state index < -0.39 is 0 Å². The fourth-order valence-electron chi connectivity index (χ4n) is 2.34. The van der Waals surface area contributed by atoms with Crippen LogP contribution in [0.2, 0.25) is 5.02 Å². The number of aromatic nitrogens is 1. The Morgan fingerprint density at radius 3 is 2.84 bits per heavy atom. The van der Waals surface area contributed by atoms with Crippen LogP contribution < -0.4 is 0 Å². The van der Waals surface area contributed by atoms with E-state index in [1.165, 1.54) is 0 Å². The zero-order valence-electron chi connectivity index (χ0n) is 9.65. The van der Waals surface area contributed by atoms with Gasteiger partial charge in [-0.05, 0) is 24.3 Å². The van der Waals surface area contributed by atoms with E-state index in [4.69, 9.17) is 16.0 Å². The smallest absolute Gasteiger partial charge is 0.228 e. The fourth-order valence-corrected chi connectivity index (χ4v) is 3.06. The number of nitrogens with zero attached hydrogens (tertiary/aromatic N) is 1. The molecule has 2 aromatic carbocycles. The lowest BCUT2D eigenvalue weighted by Crippen LogP contribution is -1.78. The second-order valence-electron chi connectivity index (χ2n) is 4.37. The van der Waals surface area contributed by atoms with E-state index in [1.54, 1.807) is 0 Å². The van der Waals surface area contributed by atoms with Gasteiger partial charge in [-0.15, -0.1) is 0 Å². The molecule has 0 aliphatic carbocycles. The van der Waals surface area contributed by atoms with Crippen molar-refractivity contribution in [2.24, 2.45) is 0 Å². The van der Waals surface area contributed by atoms with Crippen LogP contribution in [0.1, 0.15) is 0 Å². The number of fused-ring (bicyclic) bond motifs is 4. The largest absolute Gasteiger partial charge is 0.436 e. The zero-order chi connectivity index (χ0) is 13.0. The van der Waals surface area contributed by atoms with Crippen LogP contribution in [0.3, 0.4) is 0 Å². The second-order valence-corrected chi connectivity index (χ2v) is 5.63. The molecule has 0 bridgehead atoms. The number of hydrogen-bond donors (Lipinski definition) is 0. The third kappa shape index (κ3) is 1.58. The molecule has 2 nitrogen and oxygen atoms in total. The van der Waals surface area contributed by atoms with Crippen molar-refractivity contribution < 1.29 is 4.42 Å². The maximum atomic E-state index is 6.19. The van der Waals surface area contributed by atoms with Gasteiger partial charge in [-0.2, -0.15) is 0 Å². The molecule has 0 fully saturated rings. The Hall–Kier alpha value is -1.58. The average molecular weight is 333 g/mol. The van der Waals surface area contributed by atoms with Gasteiger partial charge in [0.1, 0.15) is 0 Å². The van der Waals surface area contributed by atoms with Crippen molar-refractivity contribution in [2.75, 3.05) is 0 Å². The Bertz CT molecular complexity index is 945. The summed E-state index contributed by atoms with van der Waals surface area (Å²) in [6, 6.07) is 13.8. The van der Waals surface area contributed by atoms with Gasteiger partial charge in [0.25, 0.3) is 0 Å². The van der Waals surface area contributed by atoms with Gasteiger partial charge in [-0.3, -0.25) is 0 Å². The van der Waals surface area contributed by atoms with Crippen molar-refractivity contribution in [2.45, 2.75) is 0 Å². The second kappa shape index (κ2) is 3.95. The highest BCUT2D eigenvalue weighted by atomic mass is 79.9. The van der Waals surface area contributed by atoms with E-state index in [1.807, 2.05) is 36.4 Å². The lowest BCUT2D eigenvalue weighted by molar-refractivity contribution is 0.656. The van der Waals surface area contributed by atoms with Crippen LogP contribution in [0.15, 0.2) is 51.4 Å². The molecule has 0 aliphatic heterocycles. The maximum Gasteiger partial charge on any atom is 0.228 e. The first-order chi connectivity index (χ1) is 9.24. The molecule has 2 heterocycles. The highest BCUT2D eigenvalue weighted by Gasteiger charge is 2.14. The van der Waals surface area contributed by atoms with E-state index in [0.717, 1.165) is 26.1 Å². The van der Waals surface area contributed by atoms with Gasteiger partial charge >= 0.3 is 0 Å². The third-order valence-corrected chi connectivity index (χ3v) is 4.17. The van der Waals surface area contributed by atoms with Crippen molar-refractivity contribution in [3.05, 3.63) is 52.0 Å². The quantitative estimate of drug-likeness (QED) is 0.422. The minimum atomic E-state index is 0.597. The summed E-state index contributed by atoms with van der Waals surface area (Å²) >= 11 is 9.74. The molecule has 0 aliphatic rings. The molecule has 0 saturated carbocycles. The van der Waals surface area contributed by atoms with Crippen LogP contribution in [0.4, 0.5) is 0 Å². The minimum Gasteiger partial charge on any atom is -0.436 e. The van der Waals surface area contributed by atoms with E-state index >= 15 is 0 Å². The fraction of sp³-hybridized carbons (Fsp3) is 0. The topological polar surface area (TPSA) is 26.0 Å². The molecule has 2 aromatic heterocycles. The number of furan rings is 1.